The first-order valence-corrected chi connectivity index (χ1v) is 12.1. The van der Waals surface area contributed by atoms with E-state index in [-0.39, 0.29) is 11.9 Å². The van der Waals surface area contributed by atoms with Crippen LogP contribution in [0.2, 0.25) is 0 Å². The molecule has 0 saturated heterocycles. The molecule has 4 aromatic rings. The number of hydrogen-bond donors (Lipinski definition) is 1. The Bertz CT molecular complexity index is 1230. The predicted octanol–water partition coefficient (Wildman–Crippen LogP) is 5.23. The number of carbonyl (C=O) groups excluding carboxylic acids is 1. The molecule has 0 aliphatic rings. The summed E-state index contributed by atoms with van der Waals surface area (Å²) >= 11 is 1.36. The van der Waals surface area contributed by atoms with E-state index < -0.39 is 5.25 Å². The van der Waals surface area contributed by atoms with Gasteiger partial charge in [0.15, 0.2) is 11.0 Å². The Kier molecular flexibility index (Phi) is 7.32. The Morgan fingerprint density at radius 3 is 2.44 bits per heavy atom. The van der Waals surface area contributed by atoms with Crippen molar-refractivity contribution in [1.29, 1.82) is 0 Å². The lowest BCUT2D eigenvalue weighted by Crippen LogP contribution is -2.25. The molecule has 0 bridgehead atoms. The lowest BCUT2D eigenvalue weighted by Gasteiger charge is -2.16. The molecule has 1 N–H and O–H groups in total. The van der Waals surface area contributed by atoms with E-state index >= 15 is 0 Å². The molecule has 0 saturated carbocycles. The quantitative estimate of drug-likeness (QED) is 0.333. The molecule has 0 radical (unpaired) electrons. The second-order valence-corrected chi connectivity index (χ2v) is 9.25. The Morgan fingerprint density at radius 2 is 1.76 bits per heavy atom. The van der Waals surface area contributed by atoms with Gasteiger partial charge in [-0.1, -0.05) is 42.1 Å². The fraction of sp³-hybridized carbons (Fsp3) is 0.280. The van der Waals surface area contributed by atoms with Crippen molar-refractivity contribution in [2.24, 2.45) is 0 Å². The van der Waals surface area contributed by atoms with Crippen LogP contribution in [0.25, 0.3) is 17.1 Å². The molecule has 0 fully saturated rings. The Hall–Kier alpha value is -3.59. The standard InChI is InChI=1S/C25H28N6O2S/c1-5-33-21-13-11-20(12-14-21)30-23(19-9-7-6-8-10-19)28-29-25(30)34-18(4)24(32)27-22-15-16-26-31(22)17(2)3/h6-18H,5H2,1-4H3,(H,27,32). The SMILES string of the molecule is CCOc1ccc(-n2c(SC(C)C(=O)Nc3ccnn3C(C)C)nnc2-c2ccccc2)cc1. The third-order valence-electron chi connectivity index (χ3n) is 5.13. The summed E-state index contributed by atoms with van der Waals surface area (Å²) in [5.74, 6) is 2.04. The van der Waals surface area contributed by atoms with E-state index in [9.17, 15) is 4.79 Å². The second kappa shape index (κ2) is 10.6. The van der Waals surface area contributed by atoms with Crippen molar-refractivity contribution in [3.8, 4) is 22.8 Å². The van der Waals surface area contributed by atoms with Gasteiger partial charge < -0.3 is 10.1 Å². The number of nitrogens with zero attached hydrogens (tertiary/aromatic N) is 5. The summed E-state index contributed by atoms with van der Waals surface area (Å²) in [4.78, 5) is 13.0. The van der Waals surface area contributed by atoms with Crippen LogP contribution in [0.1, 0.15) is 33.7 Å². The van der Waals surface area contributed by atoms with Crippen LogP contribution in [0.3, 0.4) is 0 Å². The van der Waals surface area contributed by atoms with Gasteiger partial charge in [-0.3, -0.25) is 9.36 Å². The minimum atomic E-state index is -0.412. The van der Waals surface area contributed by atoms with Gasteiger partial charge in [-0.15, -0.1) is 10.2 Å². The summed E-state index contributed by atoms with van der Waals surface area (Å²) in [5, 5.41) is 16.4. The first-order chi connectivity index (χ1) is 16.5. The zero-order valence-corrected chi connectivity index (χ0v) is 20.5. The minimum absolute atomic E-state index is 0.130. The zero-order chi connectivity index (χ0) is 24.1. The number of rotatable bonds is 9. The molecular formula is C25H28N6O2S. The molecule has 2 heterocycles. The summed E-state index contributed by atoms with van der Waals surface area (Å²) in [7, 11) is 0. The molecule has 176 valence electrons. The van der Waals surface area contributed by atoms with Crippen molar-refractivity contribution in [1.82, 2.24) is 24.5 Å². The van der Waals surface area contributed by atoms with Gasteiger partial charge in [0.25, 0.3) is 0 Å². The maximum Gasteiger partial charge on any atom is 0.238 e. The van der Waals surface area contributed by atoms with Gasteiger partial charge in [-0.2, -0.15) is 5.10 Å². The number of benzene rings is 2. The minimum Gasteiger partial charge on any atom is -0.494 e. The number of carbonyl (C=O) groups is 1. The molecule has 0 aliphatic carbocycles. The number of nitrogens with one attached hydrogen (secondary N) is 1. The highest BCUT2D eigenvalue weighted by Gasteiger charge is 2.23. The number of thioether (sulfide) groups is 1. The molecular weight excluding hydrogens is 448 g/mol. The fourth-order valence-corrected chi connectivity index (χ4v) is 4.34. The van der Waals surface area contributed by atoms with Crippen LogP contribution in [-0.2, 0) is 4.79 Å². The molecule has 2 aromatic heterocycles. The highest BCUT2D eigenvalue weighted by molar-refractivity contribution is 8.00. The first-order valence-electron chi connectivity index (χ1n) is 11.2. The highest BCUT2D eigenvalue weighted by atomic mass is 32.2. The van der Waals surface area contributed by atoms with Gasteiger partial charge in [0.2, 0.25) is 5.91 Å². The lowest BCUT2D eigenvalue weighted by atomic mass is 10.2. The molecule has 34 heavy (non-hydrogen) atoms. The zero-order valence-electron chi connectivity index (χ0n) is 19.7. The number of aromatic nitrogens is 5. The fourth-order valence-electron chi connectivity index (χ4n) is 3.48. The van der Waals surface area contributed by atoms with Crippen LogP contribution < -0.4 is 10.1 Å². The second-order valence-electron chi connectivity index (χ2n) is 7.94. The average molecular weight is 477 g/mol. The Labute approximate surface area is 203 Å². The topological polar surface area (TPSA) is 86.9 Å². The highest BCUT2D eigenvalue weighted by Crippen LogP contribution is 2.31. The van der Waals surface area contributed by atoms with Crippen LogP contribution in [0.4, 0.5) is 5.82 Å². The van der Waals surface area contributed by atoms with Crippen molar-refractivity contribution < 1.29 is 9.53 Å². The summed E-state index contributed by atoms with van der Waals surface area (Å²) in [5.41, 5.74) is 1.83. The largest absolute Gasteiger partial charge is 0.494 e. The number of ether oxygens (including phenoxy) is 1. The van der Waals surface area contributed by atoms with Crippen LogP contribution in [0, 0.1) is 0 Å². The summed E-state index contributed by atoms with van der Waals surface area (Å²) in [6.07, 6.45) is 1.68. The average Bonchev–Trinajstić information content (AvgIpc) is 3.47. The summed E-state index contributed by atoms with van der Waals surface area (Å²) < 4.78 is 9.34. The van der Waals surface area contributed by atoms with E-state index in [2.05, 4.69) is 20.6 Å². The molecule has 2 aromatic carbocycles. The van der Waals surface area contributed by atoms with E-state index in [1.807, 2.05) is 86.9 Å². The molecule has 0 aliphatic heterocycles. The molecule has 1 atom stereocenters. The van der Waals surface area contributed by atoms with Crippen molar-refractivity contribution in [2.45, 2.75) is 44.1 Å². The molecule has 4 rings (SSSR count). The number of amides is 1. The van der Waals surface area contributed by atoms with Gasteiger partial charge in [0.1, 0.15) is 11.6 Å². The van der Waals surface area contributed by atoms with E-state index in [4.69, 9.17) is 4.74 Å². The van der Waals surface area contributed by atoms with Crippen molar-refractivity contribution in [3.05, 3.63) is 66.9 Å². The molecule has 8 nitrogen and oxygen atoms in total. The number of anilines is 1. The Balaban J connectivity index is 1.63. The van der Waals surface area contributed by atoms with Gasteiger partial charge in [0, 0.05) is 23.4 Å². The van der Waals surface area contributed by atoms with Crippen molar-refractivity contribution in [2.75, 3.05) is 11.9 Å². The van der Waals surface area contributed by atoms with Crippen molar-refractivity contribution in [3.63, 3.8) is 0 Å². The monoisotopic (exact) mass is 476 g/mol. The smallest absolute Gasteiger partial charge is 0.238 e. The Morgan fingerprint density at radius 1 is 1.03 bits per heavy atom. The van der Waals surface area contributed by atoms with Crippen molar-refractivity contribution >= 4 is 23.5 Å². The normalized spacial score (nSPS) is 12.0. The van der Waals surface area contributed by atoms with E-state index in [0.717, 1.165) is 17.0 Å². The third kappa shape index (κ3) is 5.14. The molecule has 0 spiro atoms. The van der Waals surface area contributed by atoms with Gasteiger partial charge >= 0.3 is 0 Å². The van der Waals surface area contributed by atoms with Crippen LogP contribution in [-0.4, -0.2) is 42.3 Å². The molecule has 1 unspecified atom stereocenters. The summed E-state index contributed by atoms with van der Waals surface area (Å²) in [6, 6.07) is 19.6. The van der Waals surface area contributed by atoms with Gasteiger partial charge in [-0.25, -0.2) is 4.68 Å². The maximum atomic E-state index is 13.0. The first kappa shape index (κ1) is 23.6. The van der Waals surface area contributed by atoms with E-state index in [0.29, 0.717) is 23.4 Å². The van der Waals surface area contributed by atoms with E-state index in [1.54, 1.807) is 16.9 Å². The summed E-state index contributed by atoms with van der Waals surface area (Å²) in [6.45, 7) is 8.45. The van der Waals surface area contributed by atoms with Crippen LogP contribution in [0.15, 0.2) is 72.0 Å². The van der Waals surface area contributed by atoms with Crippen LogP contribution in [0.5, 0.6) is 5.75 Å². The third-order valence-corrected chi connectivity index (χ3v) is 6.18. The predicted molar refractivity (Wildman–Crippen MR) is 135 cm³/mol. The van der Waals surface area contributed by atoms with E-state index in [1.165, 1.54) is 11.8 Å². The number of hydrogen-bond acceptors (Lipinski definition) is 6. The molecule has 9 heteroatoms. The maximum absolute atomic E-state index is 13.0. The van der Waals surface area contributed by atoms with Gasteiger partial charge in [-0.05, 0) is 52.0 Å². The molecule has 1 amide bonds. The lowest BCUT2D eigenvalue weighted by molar-refractivity contribution is -0.115. The van der Waals surface area contributed by atoms with Crippen LogP contribution >= 0.6 is 11.8 Å². The van der Waals surface area contributed by atoms with Gasteiger partial charge in [0.05, 0.1) is 18.1 Å².